The van der Waals surface area contributed by atoms with Crippen molar-refractivity contribution in [3.05, 3.63) is 64.6 Å². The molecule has 0 spiro atoms. The molecule has 2 heterocycles. The molecule has 1 fully saturated rings. The van der Waals surface area contributed by atoms with Crippen LogP contribution in [0.3, 0.4) is 0 Å². The van der Waals surface area contributed by atoms with E-state index in [-0.39, 0.29) is 5.56 Å². The Hall–Kier alpha value is -2.83. The summed E-state index contributed by atoms with van der Waals surface area (Å²) in [6, 6.07) is 4.71. The van der Waals surface area contributed by atoms with Crippen LogP contribution in [-0.2, 0) is 0 Å². The third kappa shape index (κ3) is 4.45. The maximum absolute atomic E-state index is 13.8. The highest BCUT2D eigenvalue weighted by Crippen LogP contribution is 2.42. The van der Waals surface area contributed by atoms with E-state index in [4.69, 9.17) is 4.99 Å². The molecule has 0 amide bonds. The molecule has 1 aromatic carbocycles. The Morgan fingerprint density at radius 2 is 1.97 bits per heavy atom. The molecule has 0 radical (unpaired) electrons. The SMILES string of the molecule is C=C(CC)N(C)C(c1ccc(Nc2cnc3c(c2C2CC2)=NCCC=3)cc1)C(F)(F)F. The van der Waals surface area contributed by atoms with E-state index in [0.717, 1.165) is 47.9 Å². The topological polar surface area (TPSA) is 40.5 Å². The second-order valence-electron chi connectivity index (χ2n) is 8.19. The molecule has 4 rings (SSSR count). The van der Waals surface area contributed by atoms with Gasteiger partial charge < -0.3 is 10.2 Å². The number of allylic oxidation sites excluding steroid dienone is 1. The number of fused-ring (bicyclic) bond motifs is 1. The van der Waals surface area contributed by atoms with Crippen molar-refractivity contribution in [1.82, 2.24) is 9.88 Å². The number of nitrogens with one attached hydrogen (secondary N) is 1. The number of hydrogen-bond donors (Lipinski definition) is 1. The summed E-state index contributed by atoms with van der Waals surface area (Å²) in [5.41, 5.74) is 3.42. The lowest BCUT2D eigenvalue weighted by atomic mass is 10.0. The predicted octanol–water partition coefficient (Wildman–Crippen LogP) is 4.97. The van der Waals surface area contributed by atoms with Gasteiger partial charge in [0.2, 0.25) is 0 Å². The van der Waals surface area contributed by atoms with E-state index >= 15 is 0 Å². The Morgan fingerprint density at radius 1 is 1.26 bits per heavy atom. The van der Waals surface area contributed by atoms with Gasteiger partial charge in [0, 0.05) is 30.5 Å². The zero-order valence-corrected chi connectivity index (χ0v) is 17.8. The summed E-state index contributed by atoms with van der Waals surface area (Å²) in [7, 11) is 1.44. The van der Waals surface area contributed by atoms with Gasteiger partial charge in [-0.3, -0.25) is 9.98 Å². The Labute approximate surface area is 180 Å². The minimum absolute atomic E-state index is 0.186. The first-order valence-electron chi connectivity index (χ1n) is 10.7. The fourth-order valence-corrected chi connectivity index (χ4v) is 4.08. The fraction of sp³-hybridized carbons (Fsp3) is 0.417. The van der Waals surface area contributed by atoms with Gasteiger partial charge in [-0.05, 0) is 49.3 Å². The second kappa shape index (κ2) is 8.36. The van der Waals surface area contributed by atoms with Crippen LogP contribution in [-0.4, -0.2) is 29.7 Å². The van der Waals surface area contributed by atoms with Gasteiger partial charge in [-0.1, -0.05) is 31.7 Å². The average Bonchev–Trinajstić information content (AvgIpc) is 3.58. The van der Waals surface area contributed by atoms with Crippen LogP contribution in [0, 0.1) is 0 Å². The van der Waals surface area contributed by atoms with Gasteiger partial charge in [0.1, 0.15) is 0 Å². The van der Waals surface area contributed by atoms with E-state index in [0.29, 0.717) is 18.0 Å². The van der Waals surface area contributed by atoms with Crippen LogP contribution in [0.5, 0.6) is 0 Å². The molecular formula is C24H27F3N4. The van der Waals surface area contributed by atoms with E-state index in [1.165, 1.54) is 29.6 Å². The lowest BCUT2D eigenvalue weighted by Crippen LogP contribution is -2.35. The van der Waals surface area contributed by atoms with Crippen molar-refractivity contribution < 1.29 is 13.2 Å². The highest BCUT2D eigenvalue weighted by Gasteiger charge is 2.43. The molecule has 1 aromatic heterocycles. The third-order valence-corrected chi connectivity index (χ3v) is 5.95. The normalized spacial score (nSPS) is 16.5. The third-order valence-electron chi connectivity index (χ3n) is 5.95. The molecule has 1 aliphatic carbocycles. The van der Waals surface area contributed by atoms with Crippen LogP contribution in [0.1, 0.15) is 55.7 Å². The number of hydrogen-bond acceptors (Lipinski definition) is 4. The molecule has 2 aliphatic rings. The number of alkyl halides is 3. The number of halogens is 3. The fourth-order valence-electron chi connectivity index (χ4n) is 4.08. The van der Waals surface area contributed by atoms with Gasteiger partial charge in [-0.25, -0.2) is 0 Å². The minimum Gasteiger partial charge on any atom is -0.363 e. The zero-order chi connectivity index (χ0) is 22.2. The van der Waals surface area contributed by atoms with Crippen LogP contribution in [0.2, 0.25) is 0 Å². The Bertz CT molecular complexity index is 1090. The van der Waals surface area contributed by atoms with Crippen LogP contribution in [0.4, 0.5) is 24.5 Å². The lowest BCUT2D eigenvalue weighted by Gasteiger charge is -2.33. The van der Waals surface area contributed by atoms with Gasteiger partial charge in [-0.2, -0.15) is 13.2 Å². The molecule has 1 N–H and O–H groups in total. The largest absolute Gasteiger partial charge is 0.412 e. The molecule has 1 atom stereocenters. The smallest absolute Gasteiger partial charge is 0.363 e. The van der Waals surface area contributed by atoms with E-state index in [1.54, 1.807) is 19.1 Å². The highest BCUT2D eigenvalue weighted by atomic mass is 19.4. The Kier molecular flexibility index (Phi) is 5.77. The van der Waals surface area contributed by atoms with Gasteiger partial charge in [0.25, 0.3) is 0 Å². The molecule has 2 aromatic rings. The molecule has 31 heavy (non-hydrogen) atoms. The van der Waals surface area contributed by atoms with Crippen molar-refractivity contribution >= 4 is 17.5 Å². The van der Waals surface area contributed by atoms with Crippen molar-refractivity contribution in [2.24, 2.45) is 4.99 Å². The van der Waals surface area contributed by atoms with Gasteiger partial charge in [-0.15, -0.1) is 0 Å². The minimum atomic E-state index is -4.40. The maximum atomic E-state index is 13.8. The lowest BCUT2D eigenvalue weighted by molar-refractivity contribution is -0.178. The summed E-state index contributed by atoms with van der Waals surface area (Å²) in [6.07, 6.45) is 3.14. The molecule has 1 unspecified atom stereocenters. The summed E-state index contributed by atoms with van der Waals surface area (Å²) in [6.45, 7) is 6.33. The Balaban J connectivity index is 1.63. The maximum Gasteiger partial charge on any atom is 0.412 e. The molecule has 164 valence electrons. The van der Waals surface area contributed by atoms with Crippen LogP contribution in [0.15, 0.2) is 47.7 Å². The predicted molar refractivity (Wildman–Crippen MR) is 117 cm³/mol. The first kappa shape index (κ1) is 21.4. The van der Waals surface area contributed by atoms with Gasteiger partial charge >= 0.3 is 6.18 Å². The van der Waals surface area contributed by atoms with Crippen LogP contribution < -0.4 is 16.0 Å². The summed E-state index contributed by atoms with van der Waals surface area (Å²) in [4.78, 5) is 10.4. The van der Waals surface area contributed by atoms with Crippen molar-refractivity contribution in [1.29, 1.82) is 0 Å². The number of anilines is 2. The van der Waals surface area contributed by atoms with Crippen molar-refractivity contribution in [3.8, 4) is 0 Å². The number of benzene rings is 1. The number of nitrogens with zero attached hydrogens (tertiary/aromatic N) is 3. The summed E-state index contributed by atoms with van der Waals surface area (Å²) < 4.78 is 41.4. The quantitative estimate of drug-likeness (QED) is 0.677. The molecular weight excluding hydrogens is 401 g/mol. The standard InChI is InChI=1S/C24H27F3N4/c1-4-15(2)31(3)23(24(25,26)27)17-9-11-18(12-10-17)30-20-14-29-19-6-5-13-28-22(19)21(20)16-7-8-16/h6,9-12,14,16,23,30H,2,4-5,7-8,13H2,1,3H3. The van der Waals surface area contributed by atoms with Crippen molar-refractivity contribution in [3.63, 3.8) is 0 Å². The average molecular weight is 429 g/mol. The summed E-state index contributed by atoms with van der Waals surface area (Å²) in [5, 5.41) is 5.26. The number of pyridine rings is 1. The molecule has 0 bridgehead atoms. The number of aromatic nitrogens is 1. The molecule has 1 saturated carbocycles. The van der Waals surface area contributed by atoms with Gasteiger partial charge in [0.15, 0.2) is 6.04 Å². The van der Waals surface area contributed by atoms with Crippen molar-refractivity contribution in [2.75, 3.05) is 18.9 Å². The zero-order valence-electron chi connectivity index (χ0n) is 17.8. The van der Waals surface area contributed by atoms with E-state index < -0.39 is 12.2 Å². The van der Waals surface area contributed by atoms with Gasteiger partial charge in [0.05, 0.1) is 22.6 Å². The van der Waals surface area contributed by atoms with E-state index in [1.807, 2.05) is 6.20 Å². The summed E-state index contributed by atoms with van der Waals surface area (Å²) in [5.74, 6) is 0.470. The van der Waals surface area contributed by atoms with Crippen LogP contribution >= 0.6 is 0 Å². The van der Waals surface area contributed by atoms with Crippen molar-refractivity contribution in [2.45, 2.75) is 50.7 Å². The van der Waals surface area contributed by atoms with E-state index in [9.17, 15) is 13.2 Å². The van der Waals surface area contributed by atoms with E-state index in [2.05, 4.69) is 23.0 Å². The molecule has 0 saturated heterocycles. The molecule has 1 aliphatic heterocycles. The number of rotatable bonds is 7. The van der Waals surface area contributed by atoms with Crippen LogP contribution in [0.25, 0.3) is 6.08 Å². The second-order valence-corrected chi connectivity index (χ2v) is 8.19. The Morgan fingerprint density at radius 3 is 2.58 bits per heavy atom. The first-order chi connectivity index (χ1) is 14.8. The summed E-state index contributed by atoms with van der Waals surface area (Å²) >= 11 is 0. The highest BCUT2D eigenvalue weighted by molar-refractivity contribution is 5.64. The molecule has 4 nitrogen and oxygen atoms in total. The molecule has 7 heteroatoms. The first-order valence-corrected chi connectivity index (χ1v) is 10.7. The monoisotopic (exact) mass is 428 g/mol.